The third-order valence-corrected chi connectivity index (χ3v) is 5.39. The second kappa shape index (κ2) is 5.62. The number of amides is 1. The largest absolute Gasteiger partial charge is 0.368 e. The van der Waals surface area contributed by atoms with Crippen LogP contribution in [0.25, 0.3) is 0 Å². The van der Waals surface area contributed by atoms with E-state index >= 15 is 0 Å². The minimum atomic E-state index is -0.583. The zero-order chi connectivity index (χ0) is 14.2. The van der Waals surface area contributed by atoms with Crippen molar-refractivity contribution in [2.45, 2.75) is 50.3 Å². The van der Waals surface area contributed by atoms with Crippen molar-refractivity contribution in [3.8, 4) is 0 Å². The quantitative estimate of drug-likeness (QED) is 0.798. The zero-order valence-electron chi connectivity index (χ0n) is 12.7. The number of carbonyl (C=O) groups is 1. The fourth-order valence-electron chi connectivity index (χ4n) is 4.07. The van der Waals surface area contributed by atoms with Crippen LogP contribution in [0.15, 0.2) is 0 Å². The molecule has 114 valence electrons. The van der Waals surface area contributed by atoms with E-state index in [-0.39, 0.29) is 5.91 Å². The molecule has 2 atom stereocenters. The van der Waals surface area contributed by atoms with Crippen molar-refractivity contribution in [1.29, 1.82) is 0 Å². The number of rotatable bonds is 2. The van der Waals surface area contributed by atoms with Gasteiger partial charge in [0.15, 0.2) is 0 Å². The number of piperidine rings is 1. The first-order valence-corrected chi connectivity index (χ1v) is 7.97. The van der Waals surface area contributed by atoms with Crippen LogP contribution in [-0.2, 0) is 9.53 Å². The fourth-order valence-corrected chi connectivity index (χ4v) is 4.07. The Morgan fingerprint density at radius 3 is 2.75 bits per heavy atom. The van der Waals surface area contributed by atoms with Gasteiger partial charge in [-0.3, -0.25) is 9.69 Å². The van der Waals surface area contributed by atoms with E-state index in [9.17, 15) is 4.79 Å². The van der Waals surface area contributed by atoms with Crippen LogP contribution in [0.2, 0.25) is 0 Å². The fraction of sp³-hybridized carbons (Fsp3) is 0.933. The molecule has 1 N–H and O–H groups in total. The number of hydrogen-bond donors (Lipinski definition) is 1. The minimum Gasteiger partial charge on any atom is -0.368 e. The Morgan fingerprint density at radius 2 is 2.05 bits per heavy atom. The Morgan fingerprint density at radius 1 is 1.30 bits per heavy atom. The van der Waals surface area contributed by atoms with E-state index < -0.39 is 5.60 Å². The smallest absolute Gasteiger partial charge is 0.255 e. The Kier molecular flexibility index (Phi) is 4.02. The van der Waals surface area contributed by atoms with Gasteiger partial charge in [-0.15, -0.1) is 0 Å². The van der Waals surface area contributed by atoms with Gasteiger partial charge in [0, 0.05) is 32.3 Å². The van der Waals surface area contributed by atoms with Crippen LogP contribution < -0.4 is 5.32 Å². The number of methoxy groups -OCH3 is 1. The molecule has 3 rings (SSSR count). The first-order chi connectivity index (χ1) is 9.66. The van der Waals surface area contributed by atoms with Gasteiger partial charge in [0.25, 0.3) is 5.91 Å². The molecule has 0 saturated carbocycles. The van der Waals surface area contributed by atoms with Crippen molar-refractivity contribution in [1.82, 2.24) is 15.1 Å². The monoisotopic (exact) mass is 281 g/mol. The van der Waals surface area contributed by atoms with Crippen LogP contribution in [0.5, 0.6) is 0 Å². The van der Waals surface area contributed by atoms with Crippen LogP contribution in [0.1, 0.15) is 32.6 Å². The summed E-state index contributed by atoms with van der Waals surface area (Å²) in [5, 5.41) is 3.32. The average Bonchev–Trinajstić information content (AvgIpc) is 2.93. The molecular formula is C15H27N3O2. The number of nitrogens with one attached hydrogen (secondary N) is 1. The van der Waals surface area contributed by atoms with Gasteiger partial charge in [0.2, 0.25) is 0 Å². The molecule has 0 aliphatic carbocycles. The maximum absolute atomic E-state index is 13.1. The summed E-state index contributed by atoms with van der Waals surface area (Å²) in [4.78, 5) is 17.7. The highest BCUT2D eigenvalue weighted by atomic mass is 16.5. The summed E-state index contributed by atoms with van der Waals surface area (Å²) < 4.78 is 5.71. The Labute approximate surface area is 121 Å². The highest BCUT2D eigenvalue weighted by Crippen LogP contribution is 2.30. The van der Waals surface area contributed by atoms with Crippen LogP contribution in [0, 0.1) is 0 Å². The highest BCUT2D eigenvalue weighted by molar-refractivity contribution is 5.86. The predicted molar refractivity (Wildman–Crippen MR) is 77.6 cm³/mol. The van der Waals surface area contributed by atoms with Gasteiger partial charge in [-0.05, 0) is 52.2 Å². The Hall–Kier alpha value is -0.650. The number of carbonyl (C=O) groups excluding carboxylic acids is 1. The zero-order valence-corrected chi connectivity index (χ0v) is 12.7. The molecule has 0 aromatic rings. The average molecular weight is 281 g/mol. The normalized spacial score (nSPS) is 34.0. The summed E-state index contributed by atoms with van der Waals surface area (Å²) >= 11 is 0. The first-order valence-electron chi connectivity index (χ1n) is 7.97. The van der Waals surface area contributed by atoms with Crippen LogP contribution in [0.3, 0.4) is 0 Å². The molecule has 3 fully saturated rings. The van der Waals surface area contributed by atoms with Gasteiger partial charge in [-0.25, -0.2) is 0 Å². The van der Waals surface area contributed by atoms with Crippen molar-refractivity contribution in [2.24, 2.45) is 0 Å². The molecular weight excluding hydrogens is 254 g/mol. The topological polar surface area (TPSA) is 44.8 Å². The summed E-state index contributed by atoms with van der Waals surface area (Å²) in [6.07, 6.45) is 4.09. The number of ether oxygens (including phenoxy) is 1. The molecule has 0 aromatic heterocycles. The van der Waals surface area contributed by atoms with Gasteiger partial charge < -0.3 is 15.0 Å². The molecule has 0 bridgehead atoms. The molecule has 0 spiro atoms. The summed E-state index contributed by atoms with van der Waals surface area (Å²) in [5.41, 5.74) is -0.583. The molecule has 0 aromatic carbocycles. The Balaban J connectivity index is 1.74. The highest BCUT2D eigenvalue weighted by Gasteiger charge is 2.46. The van der Waals surface area contributed by atoms with Crippen LogP contribution >= 0.6 is 0 Å². The standard InChI is InChI=1S/C15H27N3O2/c1-12-10-17-9-3-4-13(17)11-18(12)14(19)15(20-2)5-7-16-8-6-15/h12-13,16H,3-11H2,1-2H3. The molecule has 0 radical (unpaired) electrons. The van der Waals surface area contributed by atoms with E-state index in [1.165, 1.54) is 19.4 Å². The van der Waals surface area contributed by atoms with Gasteiger partial charge in [0.1, 0.15) is 5.60 Å². The summed E-state index contributed by atoms with van der Waals surface area (Å²) in [6.45, 7) is 7.04. The summed E-state index contributed by atoms with van der Waals surface area (Å²) in [5.74, 6) is 0.223. The van der Waals surface area contributed by atoms with E-state index in [2.05, 4.69) is 22.0 Å². The van der Waals surface area contributed by atoms with E-state index in [4.69, 9.17) is 4.74 Å². The third kappa shape index (κ3) is 2.36. The lowest BCUT2D eigenvalue weighted by atomic mass is 9.89. The molecule has 2 unspecified atom stereocenters. The third-order valence-electron chi connectivity index (χ3n) is 5.39. The second-order valence-corrected chi connectivity index (χ2v) is 6.55. The molecule has 5 nitrogen and oxygen atoms in total. The number of hydrogen-bond acceptors (Lipinski definition) is 4. The molecule has 20 heavy (non-hydrogen) atoms. The van der Waals surface area contributed by atoms with Crippen molar-refractivity contribution in [2.75, 3.05) is 39.8 Å². The number of fused-ring (bicyclic) bond motifs is 1. The number of nitrogens with zero attached hydrogens (tertiary/aromatic N) is 2. The van der Waals surface area contributed by atoms with Gasteiger partial charge >= 0.3 is 0 Å². The van der Waals surface area contributed by atoms with Crippen molar-refractivity contribution in [3.63, 3.8) is 0 Å². The predicted octanol–water partition coefficient (Wildman–Crippen LogP) is 0.450. The van der Waals surface area contributed by atoms with E-state index in [1.54, 1.807) is 7.11 Å². The van der Waals surface area contributed by atoms with Crippen molar-refractivity contribution >= 4 is 5.91 Å². The molecule has 3 heterocycles. The molecule has 5 heteroatoms. The van der Waals surface area contributed by atoms with E-state index in [1.807, 2.05) is 0 Å². The molecule has 1 amide bonds. The lowest BCUT2D eigenvalue weighted by Gasteiger charge is -2.46. The van der Waals surface area contributed by atoms with Gasteiger partial charge in [-0.1, -0.05) is 0 Å². The maximum atomic E-state index is 13.1. The van der Waals surface area contributed by atoms with Gasteiger partial charge in [0.05, 0.1) is 0 Å². The lowest BCUT2D eigenvalue weighted by Crippen LogP contribution is -2.63. The molecule has 3 saturated heterocycles. The minimum absolute atomic E-state index is 0.223. The molecule has 3 aliphatic rings. The van der Waals surface area contributed by atoms with Crippen molar-refractivity contribution in [3.05, 3.63) is 0 Å². The second-order valence-electron chi connectivity index (χ2n) is 6.55. The van der Waals surface area contributed by atoms with E-state index in [0.29, 0.717) is 12.1 Å². The lowest BCUT2D eigenvalue weighted by molar-refractivity contribution is -0.164. The first kappa shape index (κ1) is 14.3. The van der Waals surface area contributed by atoms with Crippen LogP contribution in [0.4, 0.5) is 0 Å². The molecule has 3 aliphatic heterocycles. The van der Waals surface area contributed by atoms with Crippen molar-refractivity contribution < 1.29 is 9.53 Å². The number of piperazine rings is 1. The maximum Gasteiger partial charge on any atom is 0.255 e. The summed E-state index contributed by atoms with van der Waals surface area (Å²) in [6, 6.07) is 0.879. The Bertz CT molecular complexity index is 368. The van der Waals surface area contributed by atoms with Gasteiger partial charge in [-0.2, -0.15) is 0 Å². The SMILES string of the molecule is COC1(C(=O)N2CC3CCCN3CC2C)CCNCC1. The van der Waals surface area contributed by atoms with E-state index in [0.717, 1.165) is 39.0 Å². The summed E-state index contributed by atoms with van der Waals surface area (Å²) in [7, 11) is 1.69. The van der Waals surface area contributed by atoms with Crippen LogP contribution in [-0.4, -0.2) is 73.2 Å².